The summed E-state index contributed by atoms with van der Waals surface area (Å²) in [5.74, 6) is -4.72. The summed E-state index contributed by atoms with van der Waals surface area (Å²) in [6, 6.07) is 2.03. The molecule has 1 amide bonds. The zero-order valence-electron chi connectivity index (χ0n) is 11.0. The van der Waals surface area contributed by atoms with Gasteiger partial charge in [-0.2, -0.15) is 0 Å². The lowest BCUT2D eigenvalue weighted by molar-refractivity contribution is -0.117. The molecule has 1 saturated heterocycles. The number of anilines is 1. The van der Waals surface area contributed by atoms with Gasteiger partial charge in [0.1, 0.15) is 0 Å². The lowest BCUT2D eigenvalue weighted by Gasteiger charge is -2.22. The Morgan fingerprint density at radius 1 is 1.40 bits per heavy atom. The van der Waals surface area contributed by atoms with Crippen LogP contribution in [0.3, 0.4) is 0 Å². The van der Waals surface area contributed by atoms with E-state index >= 15 is 0 Å². The van der Waals surface area contributed by atoms with Gasteiger partial charge in [0.2, 0.25) is 5.91 Å². The van der Waals surface area contributed by atoms with Crippen molar-refractivity contribution in [1.29, 1.82) is 0 Å². The Bertz CT molecular complexity index is 504. The van der Waals surface area contributed by atoms with Crippen molar-refractivity contribution in [3.05, 3.63) is 29.6 Å². The maximum absolute atomic E-state index is 13.4. The molecule has 1 unspecified atom stereocenters. The summed E-state index contributed by atoms with van der Waals surface area (Å²) in [6.45, 7) is 1.75. The highest BCUT2D eigenvalue weighted by Crippen LogP contribution is 2.19. The molecule has 0 radical (unpaired) electrons. The molecule has 4 nitrogen and oxygen atoms in total. The molecule has 0 spiro atoms. The largest absolute Gasteiger partial charge is 0.322 e. The summed E-state index contributed by atoms with van der Waals surface area (Å²) in [7, 11) is 1.79. The minimum atomic E-state index is -1.59. The van der Waals surface area contributed by atoms with Crippen LogP contribution in [0.2, 0.25) is 0 Å². The molecule has 1 aromatic carbocycles. The van der Waals surface area contributed by atoms with Crippen molar-refractivity contribution in [2.45, 2.75) is 12.5 Å². The van der Waals surface area contributed by atoms with Gasteiger partial charge in [-0.3, -0.25) is 9.69 Å². The molecule has 0 bridgehead atoms. The fourth-order valence-electron chi connectivity index (χ4n) is 2.18. The number of likely N-dealkylation sites (N-methyl/N-ethyl adjacent to an activating group) is 1. The molecule has 1 fully saturated rings. The van der Waals surface area contributed by atoms with Crippen LogP contribution in [0.4, 0.5) is 18.9 Å². The van der Waals surface area contributed by atoms with Crippen LogP contribution in [0.15, 0.2) is 12.1 Å². The lowest BCUT2D eigenvalue weighted by Crippen LogP contribution is -2.39. The topological polar surface area (TPSA) is 44.4 Å². The highest BCUT2D eigenvalue weighted by Gasteiger charge is 2.22. The van der Waals surface area contributed by atoms with E-state index in [0.717, 1.165) is 31.6 Å². The van der Waals surface area contributed by atoms with Gasteiger partial charge in [0.05, 0.1) is 12.2 Å². The molecule has 7 heteroatoms. The maximum atomic E-state index is 13.4. The zero-order chi connectivity index (χ0) is 14.7. The van der Waals surface area contributed by atoms with Crippen molar-refractivity contribution >= 4 is 11.6 Å². The van der Waals surface area contributed by atoms with Crippen molar-refractivity contribution in [3.8, 4) is 0 Å². The highest BCUT2D eigenvalue weighted by atomic mass is 19.2. The molecule has 20 heavy (non-hydrogen) atoms. The van der Waals surface area contributed by atoms with Crippen LogP contribution in [0.1, 0.15) is 6.42 Å². The third kappa shape index (κ3) is 3.29. The van der Waals surface area contributed by atoms with E-state index in [4.69, 9.17) is 0 Å². The van der Waals surface area contributed by atoms with Crippen LogP contribution >= 0.6 is 0 Å². The van der Waals surface area contributed by atoms with Crippen molar-refractivity contribution in [2.75, 3.05) is 32.0 Å². The molecule has 1 aromatic rings. The smallest absolute Gasteiger partial charge is 0.238 e. The summed E-state index contributed by atoms with van der Waals surface area (Å²) in [5.41, 5.74) is -0.355. The summed E-state index contributed by atoms with van der Waals surface area (Å²) < 4.78 is 39.2. The van der Waals surface area contributed by atoms with Gasteiger partial charge >= 0.3 is 0 Å². The second-order valence-electron chi connectivity index (χ2n) is 4.83. The molecule has 1 heterocycles. The van der Waals surface area contributed by atoms with E-state index in [2.05, 4.69) is 10.6 Å². The van der Waals surface area contributed by atoms with Crippen molar-refractivity contribution in [2.24, 2.45) is 0 Å². The molecule has 0 saturated carbocycles. The van der Waals surface area contributed by atoms with Crippen LogP contribution in [0.25, 0.3) is 0 Å². The third-order valence-electron chi connectivity index (χ3n) is 3.36. The number of nitrogens with zero attached hydrogens (tertiary/aromatic N) is 1. The van der Waals surface area contributed by atoms with Crippen LogP contribution in [0, 0.1) is 17.5 Å². The van der Waals surface area contributed by atoms with Crippen molar-refractivity contribution in [3.63, 3.8) is 0 Å². The van der Waals surface area contributed by atoms with Crippen LogP contribution in [-0.4, -0.2) is 43.5 Å². The molecule has 1 aliphatic rings. The highest BCUT2D eigenvalue weighted by molar-refractivity contribution is 5.92. The predicted octanol–water partition coefficient (Wildman–Crippen LogP) is 1.34. The van der Waals surface area contributed by atoms with Crippen LogP contribution in [0.5, 0.6) is 0 Å². The summed E-state index contributed by atoms with van der Waals surface area (Å²) >= 11 is 0. The van der Waals surface area contributed by atoms with Gasteiger partial charge in [0.15, 0.2) is 17.5 Å². The van der Waals surface area contributed by atoms with Gasteiger partial charge in [0, 0.05) is 12.6 Å². The van der Waals surface area contributed by atoms with E-state index < -0.39 is 23.4 Å². The molecule has 1 atom stereocenters. The van der Waals surface area contributed by atoms with E-state index in [1.54, 1.807) is 7.05 Å². The Morgan fingerprint density at radius 2 is 2.15 bits per heavy atom. The zero-order valence-corrected chi connectivity index (χ0v) is 11.0. The molecule has 2 N–H and O–H groups in total. The fourth-order valence-corrected chi connectivity index (χ4v) is 2.18. The Kier molecular flexibility index (Phi) is 4.61. The number of benzene rings is 1. The molecule has 110 valence electrons. The Labute approximate surface area is 114 Å². The first kappa shape index (κ1) is 14.8. The second-order valence-corrected chi connectivity index (χ2v) is 4.83. The maximum Gasteiger partial charge on any atom is 0.238 e. The number of halogens is 3. The Morgan fingerprint density at radius 3 is 2.80 bits per heavy atom. The van der Waals surface area contributed by atoms with E-state index in [0.29, 0.717) is 0 Å². The molecule has 0 aliphatic carbocycles. The van der Waals surface area contributed by atoms with Gasteiger partial charge < -0.3 is 10.6 Å². The van der Waals surface area contributed by atoms with E-state index in [-0.39, 0.29) is 18.3 Å². The number of rotatable bonds is 4. The lowest BCUT2D eigenvalue weighted by atomic mass is 10.2. The predicted molar refractivity (Wildman–Crippen MR) is 68.9 cm³/mol. The Hall–Kier alpha value is -1.60. The van der Waals surface area contributed by atoms with Crippen molar-refractivity contribution in [1.82, 2.24) is 10.2 Å². The van der Waals surface area contributed by atoms with Gasteiger partial charge in [-0.1, -0.05) is 0 Å². The van der Waals surface area contributed by atoms with E-state index in [9.17, 15) is 18.0 Å². The molecule has 2 rings (SSSR count). The summed E-state index contributed by atoms with van der Waals surface area (Å²) in [5, 5.41) is 5.42. The standard InChI is InChI=1S/C13H16F3N3O/c1-19(8-4-5-17-6-8)7-11(20)18-10-3-2-9(14)12(15)13(10)16/h2-3,8,17H,4-7H2,1H3,(H,18,20). The molecular weight excluding hydrogens is 271 g/mol. The van der Waals surface area contributed by atoms with E-state index in [1.807, 2.05) is 4.90 Å². The second kappa shape index (κ2) is 6.23. The quantitative estimate of drug-likeness (QED) is 0.821. The molecular formula is C13H16F3N3O. The molecule has 1 aliphatic heterocycles. The summed E-state index contributed by atoms with van der Waals surface area (Å²) in [4.78, 5) is 13.6. The SMILES string of the molecule is CN(CC(=O)Nc1ccc(F)c(F)c1F)C1CCNC1. The first-order valence-electron chi connectivity index (χ1n) is 6.33. The Balaban J connectivity index is 1.96. The van der Waals surface area contributed by atoms with E-state index in [1.165, 1.54) is 0 Å². The average Bonchev–Trinajstić information content (AvgIpc) is 2.93. The van der Waals surface area contributed by atoms with Gasteiger partial charge in [-0.15, -0.1) is 0 Å². The monoisotopic (exact) mass is 287 g/mol. The third-order valence-corrected chi connectivity index (χ3v) is 3.36. The minimum Gasteiger partial charge on any atom is -0.322 e. The van der Waals surface area contributed by atoms with Gasteiger partial charge in [-0.05, 0) is 32.1 Å². The van der Waals surface area contributed by atoms with Crippen LogP contribution < -0.4 is 10.6 Å². The number of nitrogens with one attached hydrogen (secondary N) is 2. The summed E-state index contributed by atoms with van der Waals surface area (Å²) in [6.07, 6.45) is 0.934. The number of carbonyl (C=O) groups is 1. The minimum absolute atomic E-state index is 0.0603. The van der Waals surface area contributed by atoms with Crippen molar-refractivity contribution < 1.29 is 18.0 Å². The number of amides is 1. The van der Waals surface area contributed by atoms with Crippen LogP contribution in [-0.2, 0) is 4.79 Å². The molecule has 0 aromatic heterocycles. The van der Waals surface area contributed by atoms with Gasteiger partial charge in [-0.25, -0.2) is 13.2 Å². The average molecular weight is 287 g/mol. The van der Waals surface area contributed by atoms with Gasteiger partial charge in [0.25, 0.3) is 0 Å². The number of hydrogen-bond donors (Lipinski definition) is 2. The number of carbonyl (C=O) groups excluding carboxylic acids is 1. The first-order chi connectivity index (χ1) is 9.49. The normalized spacial score (nSPS) is 18.6. The first-order valence-corrected chi connectivity index (χ1v) is 6.33. The number of hydrogen-bond acceptors (Lipinski definition) is 3. The fraction of sp³-hybridized carbons (Fsp3) is 0.462.